The van der Waals surface area contributed by atoms with Gasteiger partial charge in [-0.1, -0.05) is 23.7 Å². The molecule has 0 bridgehead atoms. The van der Waals surface area contributed by atoms with Gasteiger partial charge in [-0.15, -0.1) is 0 Å². The normalized spacial score (nSPS) is 13.5. The molecule has 1 N–H and O–H groups in total. The van der Waals surface area contributed by atoms with Crippen LogP contribution in [0, 0.1) is 0 Å². The molecule has 0 atom stereocenters. The van der Waals surface area contributed by atoms with Gasteiger partial charge in [-0.05, 0) is 30.3 Å². The zero-order valence-electron chi connectivity index (χ0n) is 10.5. The van der Waals surface area contributed by atoms with Crippen LogP contribution >= 0.6 is 11.6 Å². The molecule has 5 nitrogen and oxygen atoms in total. The fraction of sp³-hybridized carbons (Fsp3) is 0. The number of halogens is 1. The number of rotatable bonds is 2. The Bertz CT molecular complexity index is 800. The third kappa shape index (κ3) is 1.98. The number of imide groups is 1. The minimum Gasteiger partial charge on any atom is -0.478 e. The molecule has 0 saturated carbocycles. The summed E-state index contributed by atoms with van der Waals surface area (Å²) in [4.78, 5) is 36.9. The van der Waals surface area contributed by atoms with Gasteiger partial charge in [-0.2, -0.15) is 0 Å². The summed E-state index contributed by atoms with van der Waals surface area (Å²) in [6, 6.07) is 10.2. The van der Waals surface area contributed by atoms with Gasteiger partial charge in [0.2, 0.25) is 0 Å². The van der Waals surface area contributed by atoms with Crippen molar-refractivity contribution in [1.29, 1.82) is 0 Å². The second kappa shape index (κ2) is 4.71. The van der Waals surface area contributed by atoms with Crippen LogP contribution in [0.4, 0.5) is 5.69 Å². The molecule has 0 radical (unpaired) electrons. The summed E-state index contributed by atoms with van der Waals surface area (Å²) in [6.45, 7) is 0. The first-order valence-corrected chi connectivity index (χ1v) is 6.39. The van der Waals surface area contributed by atoms with Crippen LogP contribution in [0.25, 0.3) is 0 Å². The van der Waals surface area contributed by atoms with Crippen molar-refractivity contribution in [2.24, 2.45) is 0 Å². The fourth-order valence-electron chi connectivity index (χ4n) is 2.28. The molecule has 6 heteroatoms. The van der Waals surface area contributed by atoms with Crippen molar-refractivity contribution in [3.63, 3.8) is 0 Å². The van der Waals surface area contributed by atoms with Gasteiger partial charge in [-0.25, -0.2) is 9.69 Å². The first-order chi connectivity index (χ1) is 10.0. The van der Waals surface area contributed by atoms with E-state index in [0.717, 1.165) is 4.90 Å². The number of aromatic carboxylic acids is 1. The van der Waals surface area contributed by atoms with Crippen LogP contribution in [0.3, 0.4) is 0 Å². The predicted octanol–water partition coefficient (Wildman–Crippen LogP) is 2.84. The number of benzene rings is 2. The Hall–Kier alpha value is -2.66. The second-order valence-electron chi connectivity index (χ2n) is 4.46. The summed E-state index contributed by atoms with van der Waals surface area (Å²) in [5, 5.41) is 9.53. The van der Waals surface area contributed by atoms with Gasteiger partial charge in [0.15, 0.2) is 0 Å². The van der Waals surface area contributed by atoms with E-state index in [1.165, 1.54) is 36.4 Å². The highest BCUT2D eigenvalue weighted by Gasteiger charge is 2.38. The monoisotopic (exact) mass is 301 g/mol. The van der Waals surface area contributed by atoms with Crippen molar-refractivity contribution in [1.82, 2.24) is 0 Å². The Morgan fingerprint density at radius 2 is 1.67 bits per heavy atom. The Morgan fingerprint density at radius 3 is 2.38 bits per heavy atom. The minimum absolute atomic E-state index is 0.0484. The lowest BCUT2D eigenvalue weighted by Gasteiger charge is -2.16. The largest absolute Gasteiger partial charge is 0.478 e. The van der Waals surface area contributed by atoms with Crippen molar-refractivity contribution in [2.75, 3.05) is 4.90 Å². The van der Waals surface area contributed by atoms with Crippen LogP contribution in [0.5, 0.6) is 0 Å². The number of amides is 2. The first kappa shape index (κ1) is 13.3. The predicted molar refractivity (Wildman–Crippen MR) is 76.0 cm³/mol. The molecule has 104 valence electrons. The molecule has 3 rings (SSSR count). The van der Waals surface area contributed by atoms with Gasteiger partial charge in [0.25, 0.3) is 11.8 Å². The second-order valence-corrected chi connectivity index (χ2v) is 4.89. The minimum atomic E-state index is -1.21. The van der Waals surface area contributed by atoms with Crippen LogP contribution in [0.15, 0.2) is 42.5 Å². The summed E-state index contributed by atoms with van der Waals surface area (Å²) < 4.78 is 0. The van der Waals surface area contributed by atoms with E-state index >= 15 is 0 Å². The number of carboxylic acid groups (broad SMARTS) is 1. The molecule has 1 heterocycles. The number of hydrogen-bond acceptors (Lipinski definition) is 3. The third-order valence-corrected chi connectivity index (χ3v) is 3.46. The van der Waals surface area contributed by atoms with Crippen LogP contribution in [-0.2, 0) is 0 Å². The van der Waals surface area contributed by atoms with Crippen molar-refractivity contribution >= 4 is 35.1 Å². The molecule has 0 saturated heterocycles. The standard InChI is InChI=1S/C15H8ClNO4/c16-8-5-6-9-11(7-8)14(19)17(13(9)18)12-4-2-1-3-10(12)15(20)21/h1-7H,(H,20,21). The summed E-state index contributed by atoms with van der Waals surface area (Å²) in [6.07, 6.45) is 0. The van der Waals surface area contributed by atoms with Crippen molar-refractivity contribution < 1.29 is 19.5 Å². The van der Waals surface area contributed by atoms with E-state index in [1.54, 1.807) is 6.07 Å². The fourth-order valence-corrected chi connectivity index (χ4v) is 2.45. The highest BCUT2D eigenvalue weighted by molar-refractivity contribution is 6.37. The number of nitrogens with zero attached hydrogens (tertiary/aromatic N) is 1. The van der Waals surface area contributed by atoms with Crippen molar-refractivity contribution in [3.05, 3.63) is 64.2 Å². The molecular formula is C15H8ClNO4. The van der Waals surface area contributed by atoms with Crippen LogP contribution in [0.2, 0.25) is 5.02 Å². The zero-order chi connectivity index (χ0) is 15.1. The Kier molecular flexibility index (Phi) is 2.99. The van der Waals surface area contributed by atoms with Gasteiger partial charge < -0.3 is 5.11 Å². The number of carboxylic acids is 1. The molecule has 21 heavy (non-hydrogen) atoms. The lowest BCUT2D eigenvalue weighted by Crippen LogP contribution is -2.30. The summed E-state index contributed by atoms with van der Waals surface area (Å²) >= 11 is 5.84. The average molecular weight is 302 g/mol. The zero-order valence-corrected chi connectivity index (χ0v) is 11.3. The van der Waals surface area contributed by atoms with Crippen LogP contribution < -0.4 is 4.90 Å². The molecule has 0 spiro atoms. The number of carbonyl (C=O) groups is 3. The molecule has 2 aromatic rings. The van der Waals surface area contributed by atoms with Gasteiger partial charge in [-0.3, -0.25) is 9.59 Å². The quantitative estimate of drug-likeness (QED) is 0.866. The van der Waals surface area contributed by atoms with Crippen LogP contribution in [-0.4, -0.2) is 22.9 Å². The molecule has 0 aliphatic carbocycles. The third-order valence-electron chi connectivity index (χ3n) is 3.22. The summed E-state index contributed by atoms with van der Waals surface area (Å²) in [5.74, 6) is -2.34. The van der Waals surface area contributed by atoms with Crippen molar-refractivity contribution in [3.8, 4) is 0 Å². The van der Waals surface area contributed by atoms with E-state index in [4.69, 9.17) is 11.6 Å². The molecule has 0 fully saturated rings. The SMILES string of the molecule is O=C(O)c1ccccc1N1C(=O)c2ccc(Cl)cc2C1=O. The Morgan fingerprint density at radius 1 is 1.00 bits per heavy atom. The van der Waals surface area contributed by atoms with E-state index in [-0.39, 0.29) is 22.4 Å². The van der Waals surface area contributed by atoms with Gasteiger partial charge in [0.05, 0.1) is 22.4 Å². The maximum atomic E-state index is 12.4. The van der Waals surface area contributed by atoms with E-state index in [0.29, 0.717) is 5.02 Å². The molecule has 1 aliphatic heterocycles. The number of fused-ring (bicyclic) bond motifs is 1. The average Bonchev–Trinajstić information content (AvgIpc) is 2.70. The molecule has 0 aromatic heterocycles. The molecule has 2 amide bonds. The number of anilines is 1. The van der Waals surface area contributed by atoms with E-state index in [2.05, 4.69) is 0 Å². The number of carbonyl (C=O) groups excluding carboxylic acids is 2. The van der Waals surface area contributed by atoms with Crippen molar-refractivity contribution in [2.45, 2.75) is 0 Å². The van der Waals surface area contributed by atoms with E-state index in [1.807, 2.05) is 0 Å². The number of para-hydroxylation sites is 1. The maximum Gasteiger partial charge on any atom is 0.337 e. The first-order valence-electron chi connectivity index (χ1n) is 6.01. The van der Waals surface area contributed by atoms with Crippen LogP contribution in [0.1, 0.15) is 31.1 Å². The number of hydrogen-bond donors (Lipinski definition) is 1. The lowest BCUT2D eigenvalue weighted by atomic mass is 10.1. The Labute approximate surface area is 124 Å². The van der Waals surface area contributed by atoms with Gasteiger partial charge in [0, 0.05) is 5.02 Å². The molecular weight excluding hydrogens is 294 g/mol. The lowest BCUT2D eigenvalue weighted by molar-refractivity contribution is 0.0698. The van der Waals surface area contributed by atoms with E-state index < -0.39 is 17.8 Å². The molecule has 0 unspecified atom stereocenters. The maximum absolute atomic E-state index is 12.4. The highest BCUT2D eigenvalue weighted by Crippen LogP contribution is 2.32. The Balaban J connectivity index is 2.17. The molecule has 2 aromatic carbocycles. The van der Waals surface area contributed by atoms with Gasteiger partial charge in [0.1, 0.15) is 0 Å². The van der Waals surface area contributed by atoms with E-state index in [9.17, 15) is 19.5 Å². The smallest absolute Gasteiger partial charge is 0.337 e. The van der Waals surface area contributed by atoms with Gasteiger partial charge >= 0.3 is 5.97 Å². The topological polar surface area (TPSA) is 74.7 Å². The highest BCUT2D eigenvalue weighted by atomic mass is 35.5. The summed E-state index contributed by atoms with van der Waals surface area (Å²) in [5.41, 5.74) is 0.322. The summed E-state index contributed by atoms with van der Waals surface area (Å²) in [7, 11) is 0. The molecule has 1 aliphatic rings.